The van der Waals surface area contributed by atoms with Crippen molar-refractivity contribution in [3.8, 4) is 5.75 Å². The molecule has 0 aliphatic carbocycles. The Hall–Kier alpha value is -0.830. The third-order valence-electron chi connectivity index (χ3n) is 1.87. The quantitative estimate of drug-likeness (QED) is 0.616. The minimum atomic E-state index is 0.671. The molecule has 0 bridgehead atoms. The van der Waals surface area contributed by atoms with Crippen LogP contribution in [0, 0.1) is 5.92 Å². The highest BCUT2D eigenvalue weighted by molar-refractivity contribution is 7.99. The Balaban J connectivity index is 2.71. The maximum Gasteiger partial charge on any atom is 0.120 e. The molecule has 15 heavy (non-hydrogen) atoms. The lowest BCUT2D eigenvalue weighted by molar-refractivity contribution is 0.339. The number of benzene rings is 1. The number of ether oxygens (including phenoxy) is 1. The molecule has 1 aromatic rings. The zero-order valence-corrected chi connectivity index (χ0v) is 10.4. The second-order valence-corrected chi connectivity index (χ2v) is 4.90. The lowest BCUT2D eigenvalue weighted by Crippen LogP contribution is -1.96. The summed E-state index contributed by atoms with van der Waals surface area (Å²) in [4.78, 5) is 1.12. The van der Waals surface area contributed by atoms with E-state index in [1.54, 1.807) is 11.8 Å². The predicted molar refractivity (Wildman–Crippen MR) is 67.6 cm³/mol. The molecule has 1 rings (SSSR count). The topological polar surface area (TPSA) is 35.2 Å². The fraction of sp³-hybridized carbons (Fsp3) is 0.500. The molecule has 0 amide bonds. The van der Waals surface area contributed by atoms with Crippen molar-refractivity contribution in [1.29, 1.82) is 0 Å². The van der Waals surface area contributed by atoms with Crippen molar-refractivity contribution in [2.45, 2.75) is 25.7 Å². The third-order valence-corrected chi connectivity index (χ3v) is 3.37. The van der Waals surface area contributed by atoms with Crippen LogP contribution in [0.15, 0.2) is 23.1 Å². The molecule has 84 valence electrons. The van der Waals surface area contributed by atoms with E-state index in [2.05, 4.69) is 13.8 Å². The fourth-order valence-corrected chi connectivity index (χ4v) is 2.10. The normalized spacial score (nSPS) is 10.7. The third kappa shape index (κ3) is 4.04. The summed E-state index contributed by atoms with van der Waals surface area (Å²) in [5, 5.41) is 0. The summed E-state index contributed by atoms with van der Waals surface area (Å²) in [6.07, 6.45) is 0. The van der Waals surface area contributed by atoms with Crippen LogP contribution >= 0.6 is 11.8 Å². The van der Waals surface area contributed by atoms with Gasteiger partial charge >= 0.3 is 0 Å². The zero-order chi connectivity index (χ0) is 11.3. The minimum absolute atomic E-state index is 0.671. The van der Waals surface area contributed by atoms with Crippen LogP contribution in [0.1, 0.15) is 20.8 Å². The van der Waals surface area contributed by atoms with E-state index < -0.39 is 0 Å². The van der Waals surface area contributed by atoms with Crippen LogP contribution in [0.2, 0.25) is 0 Å². The van der Waals surface area contributed by atoms with E-state index in [0.717, 1.165) is 22.1 Å². The van der Waals surface area contributed by atoms with Crippen molar-refractivity contribution in [2.24, 2.45) is 5.92 Å². The summed E-state index contributed by atoms with van der Waals surface area (Å²) >= 11 is 1.79. The van der Waals surface area contributed by atoms with Gasteiger partial charge in [0.1, 0.15) is 5.75 Å². The summed E-state index contributed by atoms with van der Waals surface area (Å²) in [5.74, 6) is 2.66. The average molecular weight is 225 g/mol. The summed E-state index contributed by atoms with van der Waals surface area (Å²) in [6, 6.07) is 5.85. The maximum absolute atomic E-state index is 5.90. The maximum atomic E-state index is 5.90. The number of hydrogen-bond donors (Lipinski definition) is 1. The van der Waals surface area contributed by atoms with Crippen molar-refractivity contribution in [3.05, 3.63) is 18.2 Å². The van der Waals surface area contributed by atoms with E-state index in [-0.39, 0.29) is 0 Å². The van der Waals surface area contributed by atoms with Crippen LogP contribution < -0.4 is 10.5 Å². The van der Waals surface area contributed by atoms with E-state index in [0.29, 0.717) is 12.5 Å². The zero-order valence-electron chi connectivity index (χ0n) is 9.62. The Morgan fingerprint density at radius 1 is 1.40 bits per heavy atom. The van der Waals surface area contributed by atoms with Crippen molar-refractivity contribution in [1.82, 2.24) is 0 Å². The highest BCUT2D eigenvalue weighted by atomic mass is 32.2. The second-order valence-electron chi connectivity index (χ2n) is 3.84. The molecule has 0 saturated heterocycles. The number of thioether (sulfide) groups is 1. The van der Waals surface area contributed by atoms with E-state index >= 15 is 0 Å². The summed E-state index contributed by atoms with van der Waals surface area (Å²) < 4.78 is 5.44. The molecule has 0 saturated carbocycles. The number of nitrogens with two attached hydrogens (primary N) is 1. The van der Waals surface area contributed by atoms with Gasteiger partial charge in [0.25, 0.3) is 0 Å². The molecular formula is C12H19NOS. The van der Waals surface area contributed by atoms with Crippen LogP contribution in [-0.2, 0) is 0 Å². The molecule has 0 atom stereocenters. The SMILES string of the molecule is CCOc1ccc(N)c(SCC(C)C)c1. The lowest BCUT2D eigenvalue weighted by Gasteiger charge is -2.10. The van der Waals surface area contributed by atoms with E-state index in [1.165, 1.54) is 0 Å². The smallest absolute Gasteiger partial charge is 0.120 e. The van der Waals surface area contributed by atoms with Gasteiger partial charge in [-0.15, -0.1) is 11.8 Å². The molecule has 0 aliphatic heterocycles. The lowest BCUT2D eigenvalue weighted by atomic mass is 10.3. The van der Waals surface area contributed by atoms with Gasteiger partial charge in [0.2, 0.25) is 0 Å². The molecule has 0 aromatic heterocycles. The van der Waals surface area contributed by atoms with Crippen LogP contribution in [0.3, 0.4) is 0 Å². The first-order valence-electron chi connectivity index (χ1n) is 5.28. The van der Waals surface area contributed by atoms with Crippen molar-refractivity contribution >= 4 is 17.4 Å². The van der Waals surface area contributed by atoms with Gasteiger partial charge in [0.15, 0.2) is 0 Å². The molecule has 0 unspecified atom stereocenters. The number of hydrogen-bond acceptors (Lipinski definition) is 3. The highest BCUT2D eigenvalue weighted by Crippen LogP contribution is 2.30. The molecule has 3 heteroatoms. The van der Waals surface area contributed by atoms with Gasteiger partial charge in [-0.25, -0.2) is 0 Å². The molecule has 1 aromatic carbocycles. The molecule has 0 heterocycles. The Labute approximate surface area is 96.2 Å². The molecule has 2 N–H and O–H groups in total. The summed E-state index contributed by atoms with van der Waals surface area (Å²) in [5.41, 5.74) is 6.73. The van der Waals surface area contributed by atoms with Gasteiger partial charge in [0.05, 0.1) is 6.61 Å². The first-order chi connectivity index (χ1) is 7.13. The fourth-order valence-electron chi connectivity index (χ4n) is 1.15. The van der Waals surface area contributed by atoms with Gasteiger partial charge in [0, 0.05) is 16.3 Å². The van der Waals surface area contributed by atoms with Crippen LogP contribution in [0.4, 0.5) is 5.69 Å². The van der Waals surface area contributed by atoms with Crippen molar-refractivity contribution < 1.29 is 4.74 Å². The highest BCUT2D eigenvalue weighted by Gasteiger charge is 2.03. The first kappa shape index (κ1) is 12.2. The minimum Gasteiger partial charge on any atom is -0.494 e. The van der Waals surface area contributed by atoms with Crippen molar-refractivity contribution in [2.75, 3.05) is 18.1 Å². The van der Waals surface area contributed by atoms with Crippen LogP contribution in [0.5, 0.6) is 5.75 Å². The standard InChI is InChI=1S/C12H19NOS/c1-4-14-10-5-6-11(13)12(7-10)15-8-9(2)3/h5-7,9H,4,8,13H2,1-3H3. The van der Waals surface area contributed by atoms with Crippen LogP contribution in [0.25, 0.3) is 0 Å². The van der Waals surface area contributed by atoms with Gasteiger partial charge in [-0.05, 0) is 31.0 Å². The Morgan fingerprint density at radius 2 is 2.13 bits per heavy atom. The molecule has 0 aliphatic rings. The molecule has 0 radical (unpaired) electrons. The number of nitrogen functional groups attached to an aromatic ring is 1. The van der Waals surface area contributed by atoms with E-state index in [1.807, 2.05) is 25.1 Å². The Kier molecular flexibility index (Phi) is 4.82. The van der Waals surface area contributed by atoms with Gasteiger partial charge in [-0.2, -0.15) is 0 Å². The van der Waals surface area contributed by atoms with E-state index in [9.17, 15) is 0 Å². The Morgan fingerprint density at radius 3 is 2.73 bits per heavy atom. The van der Waals surface area contributed by atoms with Gasteiger partial charge in [-0.1, -0.05) is 13.8 Å². The average Bonchev–Trinajstić information content (AvgIpc) is 2.19. The van der Waals surface area contributed by atoms with Crippen LogP contribution in [-0.4, -0.2) is 12.4 Å². The van der Waals surface area contributed by atoms with Gasteiger partial charge < -0.3 is 10.5 Å². The molecule has 0 fully saturated rings. The molecule has 2 nitrogen and oxygen atoms in total. The summed E-state index contributed by atoms with van der Waals surface area (Å²) in [6.45, 7) is 7.08. The first-order valence-corrected chi connectivity index (χ1v) is 6.27. The van der Waals surface area contributed by atoms with Gasteiger partial charge in [-0.3, -0.25) is 0 Å². The van der Waals surface area contributed by atoms with E-state index in [4.69, 9.17) is 10.5 Å². The molecule has 0 spiro atoms. The monoisotopic (exact) mass is 225 g/mol. The summed E-state index contributed by atoms with van der Waals surface area (Å²) in [7, 11) is 0. The largest absolute Gasteiger partial charge is 0.494 e. The van der Waals surface area contributed by atoms with Crippen molar-refractivity contribution in [3.63, 3.8) is 0 Å². The Bertz CT molecular complexity index is 312. The molecular weight excluding hydrogens is 206 g/mol. The number of rotatable bonds is 5. The number of anilines is 1. The predicted octanol–water partition coefficient (Wildman–Crippen LogP) is 3.42. The second kappa shape index (κ2) is 5.91.